The highest BCUT2D eigenvalue weighted by Gasteiger charge is 2.15. The average molecular weight is 338 g/mol. The summed E-state index contributed by atoms with van der Waals surface area (Å²) in [4.78, 5) is 26.0. The van der Waals surface area contributed by atoms with E-state index in [9.17, 15) is 9.59 Å². The van der Waals surface area contributed by atoms with Crippen molar-refractivity contribution in [2.24, 2.45) is 0 Å². The maximum absolute atomic E-state index is 12.3. The van der Waals surface area contributed by atoms with Crippen molar-refractivity contribution in [1.82, 2.24) is 0 Å². The number of nitrogens with zero attached hydrogens (tertiary/aromatic N) is 1. The molecular formula is C21H26N2O2. The molecule has 0 heterocycles. The molecule has 4 heteroatoms. The number of carbonyl (C=O) groups is 2. The minimum Gasteiger partial charge on any atom is -0.326 e. The highest BCUT2D eigenvalue weighted by Crippen LogP contribution is 2.22. The number of benzene rings is 2. The Kier molecular flexibility index (Phi) is 5.97. The number of hydrogen-bond donors (Lipinski definition) is 1. The Morgan fingerprint density at radius 3 is 2.24 bits per heavy atom. The van der Waals surface area contributed by atoms with Crippen LogP contribution in [0.1, 0.15) is 35.6 Å². The van der Waals surface area contributed by atoms with Crippen molar-refractivity contribution in [3.8, 4) is 0 Å². The Morgan fingerprint density at radius 2 is 1.60 bits per heavy atom. The van der Waals surface area contributed by atoms with Crippen LogP contribution >= 0.6 is 0 Å². The van der Waals surface area contributed by atoms with E-state index in [1.807, 2.05) is 64.1 Å². The molecule has 0 spiro atoms. The lowest BCUT2D eigenvalue weighted by Gasteiger charge is -2.23. The normalized spacial score (nSPS) is 10.4. The third-order valence-corrected chi connectivity index (χ3v) is 4.39. The lowest BCUT2D eigenvalue weighted by atomic mass is 10.1. The Hall–Kier alpha value is -2.62. The summed E-state index contributed by atoms with van der Waals surface area (Å²) in [5, 5.41) is 2.90. The van der Waals surface area contributed by atoms with E-state index in [4.69, 9.17) is 0 Å². The summed E-state index contributed by atoms with van der Waals surface area (Å²) in [5.41, 5.74) is 6.09. The molecule has 0 saturated heterocycles. The topological polar surface area (TPSA) is 49.4 Å². The molecule has 0 fully saturated rings. The van der Waals surface area contributed by atoms with Gasteiger partial charge in [-0.2, -0.15) is 0 Å². The van der Waals surface area contributed by atoms with Gasteiger partial charge in [0.25, 0.3) is 0 Å². The smallest absolute Gasteiger partial charge is 0.226 e. The van der Waals surface area contributed by atoms with Crippen LogP contribution in [0.2, 0.25) is 0 Å². The van der Waals surface area contributed by atoms with E-state index >= 15 is 0 Å². The van der Waals surface area contributed by atoms with Crippen molar-refractivity contribution < 1.29 is 9.59 Å². The fraction of sp³-hybridized carbons (Fsp3) is 0.333. The van der Waals surface area contributed by atoms with Gasteiger partial charge in [0, 0.05) is 31.3 Å². The van der Waals surface area contributed by atoms with Crippen LogP contribution in [0.4, 0.5) is 11.4 Å². The number of carbonyl (C=O) groups excluding carboxylic acids is 2. The molecule has 2 aromatic rings. The van der Waals surface area contributed by atoms with Gasteiger partial charge in [0.2, 0.25) is 11.8 Å². The van der Waals surface area contributed by atoms with Crippen LogP contribution in [0, 0.1) is 27.7 Å². The van der Waals surface area contributed by atoms with Crippen LogP contribution in [-0.2, 0) is 9.59 Å². The Labute approximate surface area is 149 Å². The number of anilines is 2. The quantitative estimate of drug-likeness (QED) is 0.883. The van der Waals surface area contributed by atoms with Crippen LogP contribution in [0.15, 0.2) is 36.4 Å². The predicted molar refractivity (Wildman–Crippen MR) is 103 cm³/mol. The summed E-state index contributed by atoms with van der Waals surface area (Å²) in [6, 6.07) is 11.8. The lowest BCUT2D eigenvalue weighted by Crippen LogP contribution is -2.32. The van der Waals surface area contributed by atoms with E-state index in [1.54, 1.807) is 4.90 Å². The van der Waals surface area contributed by atoms with E-state index in [0.717, 1.165) is 28.1 Å². The molecule has 2 amide bonds. The highest BCUT2D eigenvalue weighted by molar-refractivity contribution is 5.95. The monoisotopic (exact) mass is 338 g/mol. The minimum atomic E-state index is -0.0974. The summed E-state index contributed by atoms with van der Waals surface area (Å²) in [6.45, 7) is 9.91. The van der Waals surface area contributed by atoms with Crippen LogP contribution in [-0.4, -0.2) is 18.4 Å². The molecule has 0 saturated carbocycles. The van der Waals surface area contributed by atoms with E-state index in [2.05, 4.69) is 5.32 Å². The second-order valence-corrected chi connectivity index (χ2v) is 6.56. The lowest BCUT2D eigenvalue weighted by molar-refractivity contribution is -0.117. The highest BCUT2D eigenvalue weighted by atomic mass is 16.2. The van der Waals surface area contributed by atoms with Crippen molar-refractivity contribution in [3.05, 3.63) is 58.7 Å². The molecular weight excluding hydrogens is 312 g/mol. The van der Waals surface area contributed by atoms with Gasteiger partial charge in [-0.3, -0.25) is 9.59 Å². The molecule has 2 aromatic carbocycles. The molecule has 0 atom stereocenters. The molecule has 2 rings (SSSR count). The van der Waals surface area contributed by atoms with Gasteiger partial charge in [-0.15, -0.1) is 0 Å². The zero-order chi connectivity index (χ0) is 18.6. The van der Waals surface area contributed by atoms with Gasteiger partial charge in [0.1, 0.15) is 0 Å². The van der Waals surface area contributed by atoms with Crippen LogP contribution in [0.5, 0.6) is 0 Å². The molecule has 1 N–H and O–H groups in total. The zero-order valence-electron chi connectivity index (χ0n) is 15.6. The maximum atomic E-state index is 12.3. The molecule has 0 aliphatic rings. The first-order valence-corrected chi connectivity index (χ1v) is 8.50. The third-order valence-electron chi connectivity index (χ3n) is 4.39. The van der Waals surface area contributed by atoms with E-state index in [0.29, 0.717) is 6.54 Å². The maximum Gasteiger partial charge on any atom is 0.226 e. The second-order valence-electron chi connectivity index (χ2n) is 6.56. The van der Waals surface area contributed by atoms with Crippen molar-refractivity contribution >= 4 is 23.2 Å². The van der Waals surface area contributed by atoms with Gasteiger partial charge in [-0.25, -0.2) is 0 Å². The summed E-state index contributed by atoms with van der Waals surface area (Å²) in [7, 11) is 0. The van der Waals surface area contributed by atoms with Crippen LogP contribution < -0.4 is 10.2 Å². The molecule has 0 aromatic heterocycles. The van der Waals surface area contributed by atoms with Gasteiger partial charge in [-0.1, -0.05) is 18.2 Å². The van der Waals surface area contributed by atoms with Gasteiger partial charge < -0.3 is 10.2 Å². The Morgan fingerprint density at radius 1 is 0.920 bits per heavy atom. The fourth-order valence-corrected chi connectivity index (χ4v) is 2.71. The number of aryl methyl sites for hydroxylation is 4. The summed E-state index contributed by atoms with van der Waals surface area (Å²) < 4.78 is 0. The van der Waals surface area contributed by atoms with Crippen LogP contribution in [0.25, 0.3) is 0 Å². The molecule has 0 aliphatic heterocycles. The summed E-state index contributed by atoms with van der Waals surface area (Å²) in [6.07, 6.45) is 0.250. The average Bonchev–Trinajstić information content (AvgIpc) is 2.54. The molecule has 0 radical (unpaired) electrons. The molecule has 25 heavy (non-hydrogen) atoms. The summed E-state index contributed by atoms with van der Waals surface area (Å²) >= 11 is 0. The fourth-order valence-electron chi connectivity index (χ4n) is 2.71. The molecule has 0 bridgehead atoms. The Bertz CT molecular complexity index is 796. The van der Waals surface area contributed by atoms with Crippen molar-refractivity contribution in [3.63, 3.8) is 0 Å². The van der Waals surface area contributed by atoms with Gasteiger partial charge in [0.15, 0.2) is 0 Å². The predicted octanol–water partition coefficient (Wildman–Crippen LogP) is 4.30. The van der Waals surface area contributed by atoms with Crippen LogP contribution in [0.3, 0.4) is 0 Å². The molecule has 0 aliphatic carbocycles. The van der Waals surface area contributed by atoms with Crippen molar-refractivity contribution in [2.75, 3.05) is 16.8 Å². The number of nitrogens with one attached hydrogen (secondary N) is 1. The Balaban J connectivity index is 2.05. The van der Waals surface area contributed by atoms with Crippen molar-refractivity contribution in [1.29, 1.82) is 0 Å². The van der Waals surface area contributed by atoms with E-state index in [-0.39, 0.29) is 18.2 Å². The number of rotatable bonds is 5. The number of hydrogen-bond acceptors (Lipinski definition) is 2. The largest absolute Gasteiger partial charge is 0.326 e. The second kappa shape index (κ2) is 7.97. The first-order valence-electron chi connectivity index (χ1n) is 8.50. The third kappa shape index (κ3) is 4.92. The van der Waals surface area contributed by atoms with E-state index in [1.165, 1.54) is 12.5 Å². The van der Waals surface area contributed by atoms with E-state index < -0.39 is 0 Å². The molecule has 0 unspecified atom stereocenters. The minimum absolute atomic E-state index is 0.0623. The van der Waals surface area contributed by atoms with Gasteiger partial charge in [-0.05, 0) is 68.1 Å². The molecule has 4 nitrogen and oxygen atoms in total. The van der Waals surface area contributed by atoms with Gasteiger partial charge in [0.05, 0.1) is 0 Å². The first kappa shape index (κ1) is 18.7. The number of amides is 2. The van der Waals surface area contributed by atoms with Gasteiger partial charge >= 0.3 is 0 Å². The first-order chi connectivity index (χ1) is 11.8. The zero-order valence-corrected chi connectivity index (χ0v) is 15.6. The standard InChI is InChI=1S/C21H26N2O2/c1-14-6-7-16(3)20(12-14)23(18(5)24)11-10-21(25)22-19-9-8-15(2)17(4)13-19/h6-9,12-13H,10-11H2,1-5H3,(H,22,25). The molecule has 132 valence electrons. The SMILES string of the molecule is CC(=O)N(CCC(=O)Nc1ccc(C)c(C)c1)c1cc(C)ccc1C. The summed E-state index contributed by atoms with van der Waals surface area (Å²) in [5.74, 6) is -0.160. The van der Waals surface area contributed by atoms with Crippen molar-refractivity contribution in [2.45, 2.75) is 41.0 Å².